The van der Waals surface area contributed by atoms with E-state index in [4.69, 9.17) is 17.8 Å². The van der Waals surface area contributed by atoms with E-state index in [0.717, 1.165) is 0 Å². The van der Waals surface area contributed by atoms with Crippen LogP contribution in [0.15, 0.2) is 0 Å². The topological polar surface area (TPSA) is 0 Å². The summed E-state index contributed by atoms with van der Waals surface area (Å²) in [5.41, 5.74) is 0. The molecule has 0 heterocycles. The first-order chi connectivity index (χ1) is 2.64. The van der Waals surface area contributed by atoms with Crippen molar-refractivity contribution in [1.29, 1.82) is 0 Å². The predicted octanol–water partition coefficient (Wildman–Crippen LogP) is 2.09. The molecule has 0 aromatic heterocycles. The summed E-state index contributed by atoms with van der Waals surface area (Å²) in [5, 5.41) is 0. The van der Waals surface area contributed by atoms with Gasteiger partial charge in [-0.15, -0.1) is 0 Å². The molecule has 0 bridgehead atoms. The van der Waals surface area contributed by atoms with Crippen LogP contribution in [0.25, 0.3) is 0 Å². The fourth-order valence-electron chi connectivity index (χ4n) is 0. The van der Waals surface area contributed by atoms with E-state index >= 15 is 0 Å². The Morgan fingerprint density at radius 2 is 1.50 bits per heavy atom. The average molecular weight is 234 g/mol. The van der Waals surface area contributed by atoms with Crippen LogP contribution in [0.5, 0.6) is 0 Å². The first-order valence-corrected chi connectivity index (χ1v) is 12.2. The molecule has 38 valence electrons. The molecule has 0 saturated carbocycles. The SMILES string of the molecule is C[CH](C)[SnH]([Cl])[Cl]. The van der Waals surface area contributed by atoms with Crippen molar-refractivity contribution in [2.24, 2.45) is 0 Å². The van der Waals surface area contributed by atoms with Gasteiger partial charge in [0.05, 0.1) is 0 Å². The van der Waals surface area contributed by atoms with Crippen LogP contribution in [-0.2, 0) is 0 Å². The molecule has 0 unspecified atom stereocenters. The second kappa shape index (κ2) is 3.39. The molecule has 0 nitrogen and oxygen atoms in total. The van der Waals surface area contributed by atoms with Crippen molar-refractivity contribution in [3.05, 3.63) is 0 Å². The van der Waals surface area contributed by atoms with E-state index < -0.39 is 17.5 Å². The Balaban J connectivity index is 2.99. The molecule has 0 amide bonds. The van der Waals surface area contributed by atoms with Gasteiger partial charge in [-0.1, -0.05) is 0 Å². The molecule has 0 saturated heterocycles. The zero-order valence-corrected chi connectivity index (χ0v) is 8.72. The summed E-state index contributed by atoms with van der Waals surface area (Å²) in [7, 11) is 11.2. The quantitative estimate of drug-likeness (QED) is 0.609. The Bertz CT molecular complexity index is 29.8. The minimum atomic E-state index is -1.86. The molecule has 0 aromatic rings. The predicted molar refractivity (Wildman–Crippen MR) is 34.0 cm³/mol. The molecule has 0 N–H and O–H groups in total. The Morgan fingerprint density at radius 1 is 1.33 bits per heavy atom. The fraction of sp³-hybridized carbons (Fsp3) is 1.00. The Hall–Kier alpha value is 1.38. The Morgan fingerprint density at radius 3 is 1.50 bits per heavy atom. The van der Waals surface area contributed by atoms with Gasteiger partial charge < -0.3 is 0 Å². The molecule has 0 spiro atoms. The van der Waals surface area contributed by atoms with Crippen LogP contribution in [0.1, 0.15) is 13.8 Å². The van der Waals surface area contributed by atoms with Gasteiger partial charge in [0, 0.05) is 0 Å². The summed E-state index contributed by atoms with van der Waals surface area (Å²) in [5.74, 6) is 0. The van der Waals surface area contributed by atoms with Gasteiger partial charge >= 0.3 is 53.1 Å². The van der Waals surface area contributed by atoms with Gasteiger partial charge in [0.2, 0.25) is 0 Å². The summed E-state index contributed by atoms with van der Waals surface area (Å²) in [4.78, 5) is 0. The third-order valence-electron chi connectivity index (χ3n) is 0.504. The minimum absolute atomic E-state index is 0.593. The zero-order chi connectivity index (χ0) is 5.15. The molecule has 6 heavy (non-hydrogen) atoms. The summed E-state index contributed by atoms with van der Waals surface area (Å²) in [6, 6.07) is 0. The van der Waals surface area contributed by atoms with E-state index in [9.17, 15) is 0 Å². The van der Waals surface area contributed by atoms with Crippen molar-refractivity contribution in [3.63, 3.8) is 0 Å². The normalized spacial score (nSPS) is 11.0. The molecule has 0 aliphatic carbocycles. The molecule has 0 rings (SSSR count). The Kier molecular flexibility index (Phi) is 4.17. The Labute approximate surface area is 53.0 Å². The van der Waals surface area contributed by atoms with Crippen molar-refractivity contribution in [2.45, 2.75) is 17.8 Å². The van der Waals surface area contributed by atoms with Crippen LogP contribution in [0.4, 0.5) is 0 Å². The number of hydrogen-bond donors (Lipinski definition) is 0. The van der Waals surface area contributed by atoms with Crippen molar-refractivity contribution >= 4 is 35.3 Å². The van der Waals surface area contributed by atoms with Crippen LogP contribution in [0, 0.1) is 0 Å². The fourth-order valence-corrected chi connectivity index (χ4v) is 0. The first-order valence-electron chi connectivity index (χ1n) is 1.92. The van der Waals surface area contributed by atoms with E-state index in [0.29, 0.717) is 3.93 Å². The van der Waals surface area contributed by atoms with Gasteiger partial charge in [-0.05, 0) is 0 Å². The first kappa shape index (κ1) is 7.38. The summed E-state index contributed by atoms with van der Waals surface area (Å²) in [6.45, 7) is 4.14. The van der Waals surface area contributed by atoms with Crippen LogP contribution in [-0.4, -0.2) is 17.5 Å². The molecule has 0 aromatic carbocycles. The zero-order valence-electron chi connectivity index (χ0n) is 3.91. The van der Waals surface area contributed by atoms with Gasteiger partial charge in [0.1, 0.15) is 0 Å². The van der Waals surface area contributed by atoms with Gasteiger partial charge in [-0.25, -0.2) is 0 Å². The standard InChI is InChI=1S/C3H7.2ClH.Sn.H/c1-3-2;;;;/h3H,1-2H3;2*1H;;/q;;;+2;/p-2. The summed E-state index contributed by atoms with van der Waals surface area (Å²) < 4.78 is 0.593. The summed E-state index contributed by atoms with van der Waals surface area (Å²) in [6.07, 6.45) is 0. The molecule has 0 atom stereocenters. The average Bonchev–Trinajstić information content (AvgIpc) is 1.36. The molecule has 0 fully saturated rings. The molecule has 3 heteroatoms. The van der Waals surface area contributed by atoms with E-state index in [1.807, 2.05) is 0 Å². The van der Waals surface area contributed by atoms with Crippen LogP contribution in [0.2, 0.25) is 3.93 Å². The second-order valence-corrected chi connectivity index (χ2v) is 15.1. The third kappa shape index (κ3) is 3.56. The van der Waals surface area contributed by atoms with Crippen molar-refractivity contribution < 1.29 is 0 Å². The van der Waals surface area contributed by atoms with Crippen LogP contribution >= 0.6 is 17.8 Å². The van der Waals surface area contributed by atoms with Gasteiger partial charge in [0.25, 0.3) is 0 Å². The molecular weight excluding hydrogens is 226 g/mol. The van der Waals surface area contributed by atoms with Crippen molar-refractivity contribution in [1.82, 2.24) is 0 Å². The second-order valence-electron chi connectivity index (χ2n) is 1.58. The van der Waals surface area contributed by atoms with E-state index in [-0.39, 0.29) is 0 Å². The monoisotopic (exact) mass is 234 g/mol. The van der Waals surface area contributed by atoms with Crippen molar-refractivity contribution in [2.75, 3.05) is 0 Å². The van der Waals surface area contributed by atoms with E-state index in [2.05, 4.69) is 13.8 Å². The van der Waals surface area contributed by atoms with Crippen LogP contribution < -0.4 is 0 Å². The molecule has 0 radical (unpaired) electrons. The maximum atomic E-state index is 5.59. The molecular formula is C3H8Cl2Sn. The van der Waals surface area contributed by atoms with Crippen molar-refractivity contribution in [3.8, 4) is 0 Å². The van der Waals surface area contributed by atoms with E-state index in [1.165, 1.54) is 0 Å². The number of rotatable bonds is 1. The number of hydrogen-bond acceptors (Lipinski definition) is 0. The van der Waals surface area contributed by atoms with Gasteiger partial charge in [0.15, 0.2) is 0 Å². The van der Waals surface area contributed by atoms with Gasteiger partial charge in [-0.2, -0.15) is 0 Å². The number of halogens is 2. The van der Waals surface area contributed by atoms with Crippen LogP contribution in [0.3, 0.4) is 0 Å². The maximum absolute atomic E-state index is 5.59. The summed E-state index contributed by atoms with van der Waals surface area (Å²) >= 11 is -1.86. The van der Waals surface area contributed by atoms with Gasteiger partial charge in [-0.3, -0.25) is 0 Å². The third-order valence-corrected chi connectivity index (χ3v) is 10.1. The molecule has 0 aliphatic rings. The van der Waals surface area contributed by atoms with E-state index in [1.54, 1.807) is 0 Å². The molecule has 0 aliphatic heterocycles.